The predicted molar refractivity (Wildman–Crippen MR) is 52.1 cm³/mol. The molecular formula is C7H4BrN3O4. The molecule has 0 spiro atoms. The van der Waals surface area contributed by atoms with E-state index in [0.717, 1.165) is 4.52 Å². The normalized spacial score (nSPS) is 10.7. The fourth-order valence-corrected chi connectivity index (χ4v) is 1.50. The maximum Gasteiger partial charge on any atom is 0.358 e. The van der Waals surface area contributed by atoms with E-state index in [4.69, 9.17) is 5.11 Å². The third kappa shape index (κ3) is 1.30. The van der Waals surface area contributed by atoms with Crippen LogP contribution in [0, 0.1) is 0 Å². The minimum atomic E-state index is -1.46. The summed E-state index contributed by atoms with van der Waals surface area (Å²) in [6.07, 6.45) is 1.41. The Morgan fingerprint density at radius 2 is 2.27 bits per heavy atom. The quantitative estimate of drug-likeness (QED) is 0.688. The van der Waals surface area contributed by atoms with E-state index in [9.17, 15) is 14.7 Å². The fourth-order valence-electron chi connectivity index (χ4n) is 1.13. The maximum absolute atomic E-state index is 11.4. The summed E-state index contributed by atoms with van der Waals surface area (Å²) in [5.74, 6) is -2.35. The molecule has 0 aromatic carbocycles. The van der Waals surface area contributed by atoms with Crippen LogP contribution in [0.2, 0.25) is 0 Å². The first-order valence-corrected chi connectivity index (χ1v) is 4.53. The Labute approximate surface area is 90.1 Å². The van der Waals surface area contributed by atoms with Crippen molar-refractivity contribution in [3.8, 4) is 5.75 Å². The zero-order valence-electron chi connectivity index (χ0n) is 7.06. The van der Waals surface area contributed by atoms with Gasteiger partial charge in [-0.05, 0) is 15.9 Å². The van der Waals surface area contributed by atoms with Crippen LogP contribution < -0.4 is 5.56 Å². The molecule has 0 unspecified atom stereocenters. The number of nitrogens with one attached hydrogen (secondary N) is 1. The van der Waals surface area contributed by atoms with Crippen LogP contribution in [0.4, 0.5) is 0 Å². The monoisotopic (exact) mass is 273 g/mol. The molecule has 3 N–H and O–H groups in total. The molecule has 2 heterocycles. The van der Waals surface area contributed by atoms with Crippen molar-refractivity contribution >= 4 is 27.5 Å². The number of hydrogen-bond acceptors (Lipinski definition) is 4. The van der Waals surface area contributed by atoms with Crippen molar-refractivity contribution in [2.75, 3.05) is 0 Å². The van der Waals surface area contributed by atoms with Gasteiger partial charge >= 0.3 is 11.5 Å². The maximum atomic E-state index is 11.4. The summed E-state index contributed by atoms with van der Waals surface area (Å²) in [7, 11) is 0. The number of aromatic hydroxyl groups is 1. The number of halogens is 1. The number of fused-ring (bicyclic) bond motifs is 1. The summed E-state index contributed by atoms with van der Waals surface area (Å²) in [6.45, 7) is 0. The van der Waals surface area contributed by atoms with Crippen LogP contribution in [-0.2, 0) is 0 Å². The van der Waals surface area contributed by atoms with Crippen LogP contribution in [0.1, 0.15) is 10.5 Å². The van der Waals surface area contributed by atoms with Crippen molar-refractivity contribution in [1.29, 1.82) is 0 Å². The van der Waals surface area contributed by atoms with Gasteiger partial charge in [-0.1, -0.05) is 0 Å². The molecule has 0 radical (unpaired) electrons. The van der Waals surface area contributed by atoms with Crippen molar-refractivity contribution in [3.63, 3.8) is 0 Å². The number of H-pyrrole nitrogens is 1. The molecule has 0 bridgehead atoms. The topological polar surface area (TPSA) is 108 Å². The van der Waals surface area contributed by atoms with Crippen LogP contribution >= 0.6 is 15.9 Å². The average Bonchev–Trinajstić information content (AvgIpc) is 2.53. The number of aromatic amines is 1. The molecule has 0 aliphatic carbocycles. The molecule has 0 saturated heterocycles. The van der Waals surface area contributed by atoms with Gasteiger partial charge in [-0.3, -0.25) is 9.89 Å². The van der Waals surface area contributed by atoms with Gasteiger partial charge in [-0.2, -0.15) is 4.52 Å². The fraction of sp³-hybridized carbons (Fsp3) is 0. The van der Waals surface area contributed by atoms with Gasteiger partial charge in [0.1, 0.15) is 0 Å². The van der Waals surface area contributed by atoms with Crippen molar-refractivity contribution in [2.45, 2.75) is 0 Å². The van der Waals surface area contributed by atoms with Crippen molar-refractivity contribution in [3.05, 3.63) is 26.7 Å². The second kappa shape index (κ2) is 3.09. The summed E-state index contributed by atoms with van der Waals surface area (Å²) >= 11 is 3.08. The molecule has 2 aromatic rings. The summed E-state index contributed by atoms with van der Waals surface area (Å²) < 4.78 is 1.37. The van der Waals surface area contributed by atoms with Gasteiger partial charge in [0.2, 0.25) is 5.75 Å². The van der Waals surface area contributed by atoms with E-state index in [1.54, 1.807) is 0 Å². The summed E-state index contributed by atoms with van der Waals surface area (Å²) in [6, 6.07) is 0. The van der Waals surface area contributed by atoms with Gasteiger partial charge < -0.3 is 10.2 Å². The smallest absolute Gasteiger partial charge is 0.358 e. The molecule has 15 heavy (non-hydrogen) atoms. The minimum Gasteiger partial charge on any atom is -0.501 e. The first kappa shape index (κ1) is 9.71. The third-order valence-electron chi connectivity index (χ3n) is 1.80. The van der Waals surface area contributed by atoms with E-state index in [1.165, 1.54) is 6.20 Å². The number of carboxylic acid groups (broad SMARTS) is 1. The number of hydrogen-bond donors (Lipinski definition) is 3. The molecule has 2 aromatic heterocycles. The SMILES string of the molecule is O=C(O)c1nc2c(Br)c[nH]n2c(=O)c1O. The molecule has 0 aliphatic heterocycles. The Bertz CT molecular complexity index is 614. The van der Waals surface area contributed by atoms with Gasteiger partial charge in [-0.15, -0.1) is 0 Å². The van der Waals surface area contributed by atoms with E-state index < -0.39 is 23.0 Å². The van der Waals surface area contributed by atoms with Crippen molar-refractivity contribution in [2.24, 2.45) is 0 Å². The molecule has 78 valence electrons. The lowest BCUT2D eigenvalue weighted by Crippen LogP contribution is -2.18. The second-order valence-electron chi connectivity index (χ2n) is 2.70. The average molecular weight is 274 g/mol. The lowest BCUT2D eigenvalue weighted by molar-refractivity contribution is 0.0686. The van der Waals surface area contributed by atoms with Gasteiger partial charge in [0.15, 0.2) is 11.3 Å². The lowest BCUT2D eigenvalue weighted by atomic mass is 10.3. The summed E-state index contributed by atoms with van der Waals surface area (Å²) in [4.78, 5) is 25.7. The zero-order valence-corrected chi connectivity index (χ0v) is 8.65. The first-order chi connectivity index (χ1) is 7.02. The summed E-state index contributed by atoms with van der Waals surface area (Å²) in [5.41, 5.74) is -1.42. The molecule has 0 atom stereocenters. The van der Waals surface area contributed by atoms with Crippen LogP contribution in [0.15, 0.2) is 15.5 Å². The highest BCUT2D eigenvalue weighted by Gasteiger charge is 2.19. The Hall–Kier alpha value is -1.83. The second-order valence-corrected chi connectivity index (χ2v) is 3.55. The highest BCUT2D eigenvalue weighted by atomic mass is 79.9. The lowest BCUT2D eigenvalue weighted by Gasteiger charge is -1.98. The zero-order chi connectivity index (χ0) is 11.2. The van der Waals surface area contributed by atoms with E-state index in [-0.39, 0.29) is 5.65 Å². The predicted octanol–water partition coefficient (Wildman–Crippen LogP) is 0.189. The Kier molecular flexibility index (Phi) is 2.00. The molecular weight excluding hydrogens is 270 g/mol. The number of carbonyl (C=O) groups is 1. The van der Waals surface area contributed by atoms with E-state index in [0.29, 0.717) is 4.47 Å². The number of rotatable bonds is 1. The molecule has 2 rings (SSSR count). The molecule has 0 amide bonds. The number of nitrogens with zero attached hydrogens (tertiary/aromatic N) is 2. The summed E-state index contributed by atoms with van der Waals surface area (Å²) in [5, 5.41) is 20.5. The largest absolute Gasteiger partial charge is 0.501 e. The van der Waals surface area contributed by atoms with Crippen LogP contribution in [0.5, 0.6) is 5.75 Å². The molecule has 0 aliphatic rings. The van der Waals surface area contributed by atoms with E-state index >= 15 is 0 Å². The van der Waals surface area contributed by atoms with Gasteiger partial charge in [0, 0.05) is 6.20 Å². The Morgan fingerprint density at radius 3 is 2.87 bits per heavy atom. The molecule has 0 fully saturated rings. The highest BCUT2D eigenvalue weighted by Crippen LogP contribution is 2.17. The van der Waals surface area contributed by atoms with Crippen LogP contribution in [0.3, 0.4) is 0 Å². The standard InChI is InChI=1S/C7H4BrN3O4/c8-2-1-9-11-5(2)10-3(7(14)15)4(12)6(11)13/h1,9,12H,(H,14,15). The Morgan fingerprint density at radius 1 is 1.60 bits per heavy atom. The Balaban J connectivity index is 2.98. The number of aromatic carboxylic acids is 1. The van der Waals surface area contributed by atoms with E-state index in [2.05, 4.69) is 26.0 Å². The van der Waals surface area contributed by atoms with Crippen molar-refractivity contribution in [1.82, 2.24) is 14.6 Å². The van der Waals surface area contributed by atoms with Crippen LogP contribution in [-0.4, -0.2) is 30.8 Å². The highest BCUT2D eigenvalue weighted by molar-refractivity contribution is 9.10. The van der Waals surface area contributed by atoms with E-state index in [1.807, 2.05) is 0 Å². The van der Waals surface area contributed by atoms with Gasteiger partial charge in [0.25, 0.3) is 0 Å². The number of aromatic nitrogens is 3. The third-order valence-corrected chi connectivity index (χ3v) is 2.38. The molecule has 0 saturated carbocycles. The number of carboxylic acids is 1. The minimum absolute atomic E-state index is 0.107. The molecule has 8 heteroatoms. The van der Waals surface area contributed by atoms with Gasteiger partial charge in [-0.25, -0.2) is 9.78 Å². The van der Waals surface area contributed by atoms with Crippen molar-refractivity contribution < 1.29 is 15.0 Å². The molecule has 7 nitrogen and oxygen atoms in total. The first-order valence-electron chi connectivity index (χ1n) is 3.74. The van der Waals surface area contributed by atoms with Gasteiger partial charge in [0.05, 0.1) is 4.47 Å². The van der Waals surface area contributed by atoms with Crippen LogP contribution in [0.25, 0.3) is 5.65 Å².